The summed E-state index contributed by atoms with van der Waals surface area (Å²) in [6.45, 7) is 3.10. The smallest absolute Gasteiger partial charge is 0.152 e. The molecule has 2 aromatic heterocycles. The Hall–Kier alpha value is -1.35. The fraction of sp³-hybridized carbons (Fsp3) is 0.250. The zero-order chi connectivity index (χ0) is 10.7. The molecule has 0 atom stereocenters. The highest BCUT2D eigenvalue weighted by atomic mass is 32.1. The summed E-state index contributed by atoms with van der Waals surface area (Å²) < 4.78 is 2.15. The van der Waals surface area contributed by atoms with Gasteiger partial charge in [0.1, 0.15) is 0 Å². The van der Waals surface area contributed by atoms with Crippen molar-refractivity contribution in [2.75, 3.05) is 0 Å². The van der Waals surface area contributed by atoms with E-state index in [-0.39, 0.29) is 0 Å². The average Bonchev–Trinajstić information content (AvgIpc) is 2.85. The van der Waals surface area contributed by atoms with Crippen molar-refractivity contribution >= 4 is 17.6 Å². The molecule has 0 radical (unpaired) electrons. The van der Waals surface area contributed by atoms with Crippen LogP contribution < -0.4 is 0 Å². The van der Waals surface area contributed by atoms with Crippen molar-refractivity contribution in [1.29, 1.82) is 0 Å². The first-order valence-electron chi connectivity index (χ1n) is 5.05. The maximum Gasteiger partial charge on any atom is 0.152 e. The Labute approximate surface area is 93.2 Å². The first kappa shape index (κ1) is 10.2. The lowest BCUT2D eigenvalue weighted by atomic mass is 10.2. The third-order valence-corrected chi connectivity index (χ3v) is 3.22. The second-order valence-electron chi connectivity index (χ2n) is 3.41. The molecule has 2 nitrogen and oxygen atoms in total. The normalized spacial score (nSPS) is 10.5. The summed E-state index contributed by atoms with van der Waals surface area (Å²) in [7, 11) is 0. The summed E-state index contributed by atoms with van der Waals surface area (Å²) in [5, 5.41) is 2.03. The lowest BCUT2D eigenvalue weighted by molar-refractivity contribution is 0.112. The maximum atomic E-state index is 10.9. The number of aldehydes is 1. The molecular weight excluding hydrogens is 206 g/mol. The Kier molecular flexibility index (Phi) is 3.02. The fourth-order valence-electron chi connectivity index (χ4n) is 1.71. The van der Waals surface area contributed by atoms with Crippen LogP contribution in [0.1, 0.15) is 23.7 Å². The van der Waals surface area contributed by atoms with E-state index >= 15 is 0 Å². The summed E-state index contributed by atoms with van der Waals surface area (Å²) >= 11 is 1.67. The van der Waals surface area contributed by atoms with Crippen LogP contribution in [0.25, 0.3) is 10.6 Å². The summed E-state index contributed by atoms with van der Waals surface area (Å²) in [4.78, 5) is 12.1. The summed E-state index contributed by atoms with van der Waals surface area (Å²) in [6, 6.07) is 5.95. The Balaban J connectivity index is 2.50. The minimum Gasteiger partial charge on any atom is -0.346 e. The van der Waals surface area contributed by atoms with E-state index in [1.165, 1.54) is 0 Å². The highest BCUT2D eigenvalue weighted by Gasteiger charge is 2.10. The van der Waals surface area contributed by atoms with Gasteiger partial charge in [-0.3, -0.25) is 4.79 Å². The molecule has 0 amide bonds. The van der Waals surface area contributed by atoms with Crippen LogP contribution in [0.3, 0.4) is 0 Å². The van der Waals surface area contributed by atoms with Crippen molar-refractivity contribution in [3.63, 3.8) is 0 Å². The summed E-state index contributed by atoms with van der Waals surface area (Å²) in [5.74, 6) is 0. The molecule has 0 spiro atoms. The van der Waals surface area contributed by atoms with Gasteiger partial charge in [0.15, 0.2) is 6.29 Å². The minimum atomic E-state index is 0.783. The van der Waals surface area contributed by atoms with Gasteiger partial charge in [-0.15, -0.1) is 11.3 Å². The standard InChI is InChI=1S/C12H13NOS/c1-2-6-13-7-5-10(9-14)12(13)11-4-3-8-15-11/h3-5,7-9H,2,6H2,1H3. The van der Waals surface area contributed by atoms with Crippen molar-refractivity contribution in [3.8, 4) is 10.6 Å². The van der Waals surface area contributed by atoms with E-state index < -0.39 is 0 Å². The number of thiophene rings is 1. The summed E-state index contributed by atoms with van der Waals surface area (Å²) in [5.41, 5.74) is 1.84. The molecule has 0 saturated heterocycles. The van der Waals surface area contributed by atoms with E-state index in [2.05, 4.69) is 17.6 Å². The van der Waals surface area contributed by atoms with Crippen LogP contribution in [0.4, 0.5) is 0 Å². The summed E-state index contributed by atoms with van der Waals surface area (Å²) in [6.07, 6.45) is 3.99. The molecule has 2 heterocycles. The zero-order valence-electron chi connectivity index (χ0n) is 8.64. The van der Waals surface area contributed by atoms with E-state index in [0.29, 0.717) is 0 Å². The molecule has 0 aromatic carbocycles. The molecule has 0 aliphatic heterocycles. The van der Waals surface area contributed by atoms with Crippen molar-refractivity contribution in [1.82, 2.24) is 4.57 Å². The van der Waals surface area contributed by atoms with Gasteiger partial charge >= 0.3 is 0 Å². The average molecular weight is 219 g/mol. The van der Waals surface area contributed by atoms with Crippen LogP contribution in [-0.4, -0.2) is 10.9 Å². The van der Waals surface area contributed by atoms with Crippen LogP contribution in [0, 0.1) is 0 Å². The van der Waals surface area contributed by atoms with Gasteiger partial charge in [-0.1, -0.05) is 13.0 Å². The molecule has 15 heavy (non-hydrogen) atoms. The predicted molar refractivity (Wildman–Crippen MR) is 63.4 cm³/mol. The number of carbonyl (C=O) groups excluding carboxylic acids is 1. The maximum absolute atomic E-state index is 10.9. The molecule has 2 aromatic rings. The zero-order valence-corrected chi connectivity index (χ0v) is 9.46. The van der Waals surface area contributed by atoms with Gasteiger partial charge in [-0.05, 0) is 23.9 Å². The van der Waals surface area contributed by atoms with Crippen LogP contribution in [-0.2, 0) is 6.54 Å². The van der Waals surface area contributed by atoms with Crippen molar-refractivity contribution < 1.29 is 4.79 Å². The van der Waals surface area contributed by atoms with Crippen LogP contribution in [0.15, 0.2) is 29.8 Å². The minimum absolute atomic E-state index is 0.783. The largest absolute Gasteiger partial charge is 0.346 e. The van der Waals surface area contributed by atoms with Crippen LogP contribution in [0.2, 0.25) is 0 Å². The van der Waals surface area contributed by atoms with E-state index in [9.17, 15) is 4.79 Å². The molecule has 0 saturated carbocycles. The highest BCUT2D eigenvalue weighted by molar-refractivity contribution is 7.13. The Morgan fingerprint density at radius 1 is 1.47 bits per heavy atom. The predicted octanol–water partition coefficient (Wildman–Crippen LogP) is 3.44. The quantitative estimate of drug-likeness (QED) is 0.722. The second-order valence-corrected chi connectivity index (χ2v) is 4.36. The molecule has 0 N–H and O–H groups in total. The monoisotopic (exact) mass is 219 g/mol. The van der Waals surface area contributed by atoms with Gasteiger partial charge in [0.25, 0.3) is 0 Å². The Morgan fingerprint density at radius 3 is 2.93 bits per heavy atom. The number of aryl methyl sites for hydroxylation is 1. The fourth-order valence-corrected chi connectivity index (χ4v) is 2.52. The molecule has 0 fully saturated rings. The number of carbonyl (C=O) groups is 1. The topological polar surface area (TPSA) is 22.0 Å². The van der Waals surface area contributed by atoms with Gasteiger partial charge in [-0.25, -0.2) is 0 Å². The SMILES string of the molecule is CCCn1ccc(C=O)c1-c1cccs1. The van der Waals surface area contributed by atoms with Crippen LogP contribution >= 0.6 is 11.3 Å². The van der Waals surface area contributed by atoms with Crippen molar-refractivity contribution in [2.24, 2.45) is 0 Å². The number of aromatic nitrogens is 1. The number of hydrogen-bond donors (Lipinski definition) is 0. The Bertz CT molecular complexity index is 442. The third kappa shape index (κ3) is 1.88. The molecule has 0 aliphatic carbocycles. The molecule has 2 rings (SSSR count). The van der Waals surface area contributed by atoms with E-state index in [4.69, 9.17) is 0 Å². The molecule has 3 heteroatoms. The Morgan fingerprint density at radius 2 is 2.33 bits per heavy atom. The third-order valence-electron chi connectivity index (χ3n) is 2.34. The van der Waals surface area contributed by atoms with E-state index in [0.717, 1.165) is 35.4 Å². The van der Waals surface area contributed by atoms with E-state index in [1.54, 1.807) is 11.3 Å². The highest BCUT2D eigenvalue weighted by Crippen LogP contribution is 2.28. The van der Waals surface area contributed by atoms with E-state index in [1.807, 2.05) is 23.7 Å². The van der Waals surface area contributed by atoms with Gasteiger partial charge < -0.3 is 4.57 Å². The first-order chi connectivity index (χ1) is 7.36. The lowest BCUT2D eigenvalue weighted by Crippen LogP contribution is -1.97. The number of rotatable bonds is 4. The molecule has 0 unspecified atom stereocenters. The van der Waals surface area contributed by atoms with Gasteiger partial charge in [0.05, 0.1) is 10.6 Å². The van der Waals surface area contributed by atoms with Crippen LogP contribution in [0.5, 0.6) is 0 Å². The molecule has 0 bridgehead atoms. The molecular formula is C12H13NOS. The van der Waals surface area contributed by atoms with Gasteiger partial charge in [0.2, 0.25) is 0 Å². The lowest BCUT2D eigenvalue weighted by Gasteiger charge is -2.06. The van der Waals surface area contributed by atoms with Gasteiger partial charge in [0, 0.05) is 18.3 Å². The first-order valence-corrected chi connectivity index (χ1v) is 5.93. The molecule has 78 valence electrons. The van der Waals surface area contributed by atoms with Crippen molar-refractivity contribution in [3.05, 3.63) is 35.3 Å². The molecule has 0 aliphatic rings. The number of hydrogen-bond acceptors (Lipinski definition) is 2. The number of nitrogens with zero attached hydrogens (tertiary/aromatic N) is 1. The second kappa shape index (κ2) is 4.45. The van der Waals surface area contributed by atoms with Crippen molar-refractivity contribution in [2.45, 2.75) is 19.9 Å². The van der Waals surface area contributed by atoms with Gasteiger partial charge in [-0.2, -0.15) is 0 Å².